The molecule has 0 radical (unpaired) electrons. The van der Waals surface area contributed by atoms with Crippen LogP contribution in [0.15, 0.2) is 0 Å². The average molecular weight is 316 g/mol. The summed E-state index contributed by atoms with van der Waals surface area (Å²) >= 11 is 0. The first-order chi connectivity index (χ1) is 4.00. The molecule has 0 atom stereocenters. The molecule has 13 heavy (non-hydrogen) atoms. The molecular formula is H8K3O8PS. The van der Waals surface area contributed by atoms with Crippen molar-refractivity contribution in [3.8, 4) is 0 Å². The SMILES string of the molecule is O=P(O)(O)O.O=S(=O)(O)O.[KH].[KH].[KH]. The molecule has 8 nitrogen and oxygen atoms in total. The molecule has 13 heteroatoms. The van der Waals surface area contributed by atoms with Gasteiger partial charge < -0.3 is 14.7 Å². The molecule has 5 N–H and O–H groups in total. The Kier molecular flexibility index (Phi) is 35.3. The van der Waals surface area contributed by atoms with E-state index in [4.69, 9.17) is 36.8 Å². The third-order valence-corrected chi connectivity index (χ3v) is 0. The van der Waals surface area contributed by atoms with E-state index in [2.05, 4.69) is 0 Å². The van der Waals surface area contributed by atoms with Gasteiger partial charge in [-0.2, -0.15) is 8.42 Å². The van der Waals surface area contributed by atoms with Crippen LogP contribution < -0.4 is 0 Å². The van der Waals surface area contributed by atoms with Crippen LogP contribution in [0.2, 0.25) is 0 Å². The summed E-state index contributed by atoms with van der Waals surface area (Å²) in [6.45, 7) is 0. The van der Waals surface area contributed by atoms with Crippen molar-refractivity contribution in [2.45, 2.75) is 0 Å². The Hall–Kier alpha value is 4.89. The van der Waals surface area contributed by atoms with Crippen molar-refractivity contribution in [3.05, 3.63) is 0 Å². The molecule has 0 saturated heterocycles. The van der Waals surface area contributed by atoms with E-state index in [1.807, 2.05) is 0 Å². The van der Waals surface area contributed by atoms with Crippen molar-refractivity contribution in [3.63, 3.8) is 0 Å². The van der Waals surface area contributed by atoms with E-state index in [1.54, 1.807) is 0 Å². The second-order valence-electron chi connectivity index (χ2n) is 0.961. The molecule has 0 unspecified atom stereocenters. The Balaban J connectivity index is -0.0000000267. The predicted octanol–water partition coefficient (Wildman–Crippen LogP) is -3.53. The summed E-state index contributed by atoms with van der Waals surface area (Å²) in [6, 6.07) is 0. The molecule has 0 aromatic carbocycles. The zero-order valence-electron chi connectivity index (χ0n) is 4.32. The van der Waals surface area contributed by atoms with Gasteiger partial charge in [-0.15, -0.1) is 0 Å². The summed E-state index contributed by atoms with van der Waals surface area (Å²) in [5.41, 5.74) is 0. The Morgan fingerprint density at radius 2 is 0.846 bits per heavy atom. The Morgan fingerprint density at radius 1 is 0.846 bits per heavy atom. The third kappa shape index (κ3) is 157. The van der Waals surface area contributed by atoms with Gasteiger partial charge in [-0.1, -0.05) is 0 Å². The molecule has 0 spiro atoms. The molecule has 0 rings (SSSR count). The summed E-state index contributed by atoms with van der Waals surface area (Å²) in [5.74, 6) is 0. The molecule has 0 aromatic heterocycles. The van der Waals surface area contributed by atoms with Gasteiger partial charge in [0.15, 0.2) is 0 Å². The first-order valence-corrected chi connectivity index (χ1v) is 4.44. The molecule has 0 bridgehead atoms. The maximum absolute atomic E-state index is 8.88. The van der Waals surface area contributed by atoms with Gasteiger partial charge in [0, 0.05) is 0 Å². The standard InChI is InChI=1S/3K.H3O4P.H2O4S.3H/c;;;2*1-5(2,3)4;;;/h;;;(H3,1,2,3,4);(H2,1,2,3,4);;;. The first-order valence-electron chi connectivity index (χ1n) is 1.48. The second kappa shape index (κ2) is 14.9. The summed E-state index contributed by atoms with van der Waals surface area (Å²) in [6.07, 6.45) is 0. The monoisotopic (exact) mass is 316 g/mol. The zero-order chi connectivity index (χ0) is 9.00. The van der Waals surface area contributed by atoms with E-state index < -0.39 is 18.2 Å². The predicted molar refractivity (Wildman–Crippen MR) is 49.9 cm³/mol. The maximum atomic E-state index is 8.88. The van der Waals surface area contributed by atoms with Gasteiger partial charge in [-0.3, -0.25) is 9.11 Å². The van der Waals surface area contributed by atoms with Crippen molar-refractivity contribution in [1.29, 1.82) is 0 Å². The van der Waals surface area contributed by atoms with Crippen molar-refractivity contribution in [1.82, 2.24) is 0 Å². The average Bonchev–Trinajstić information content (AvgIpc) is 1.12. The van der Waals surface area contributed by atoms with Crippen LogP contribution in [0.1, 0.15) is 0 Å². The van der Waals surface area contributed by atoms with Crippen LogP contribution >= 0.6 is 7.82 Å². The van der Waals surface area contributed by atoms with Gasteiger partial charge in [-0.05, 0) is 0 Å². The summed E-state index contributed by atoms with van der Waals surface area (Å²) < 4.78 is 40.5. The third-order valence-electron chi connectivity index (χ3n) is 0. The summed E-state index contributed by atoms with van der Waals surface area (Å²) in [5, 5.41) is 0. The van der Waals surface area contributed by atoms with Crippen LogP contribution in [-0.4, -0.2) is 186 Å². The molecule has 0 aliphatic rings. The molecule has 0 aromatic rings. The summed E-state index contributed by atoms with van der Waals surface area (Å²) in [4.78, 5) is 21.6. The van der Waals surface area contributed by atoms with E-state index in [0.29, 0.717) is 0 Å². The number of rotatable bonds is 0. The first kappa shape index (κ1) is 30.7. The Morgan fingerprint density at radius 3 is 0.846 bits per heavy atom. The van der Waals surface area contributed by atoms with Crippen molar-refractivity contribution < 1.29 is 36.8 Å². The fraction of sp³-hybridized carbons (Fsp3) is 0. The quantitative estimate of drug-likeness (QED) is 0.175. The zero-order valence-corrected chi connectivity index (χ0v) is 6.03. The Labute approximate surface area is 203 Å². The number of phosphoric acid groups is 1. The summed E-state index contributed by atoms with van der Waals surface area (Å²) in [7, 11) is -9.31. The van der Waals surface area contributed by atoms with Crippen LogP contribution in [-0.2, 0) is 15.0 Å². The topological polar surface area (TPSA) is 152 Å². The van der Waals surface area contributed by atoms with Crippen molar-refractivity contribution >= 4 is 172 Å². The van der Waals surface area contributed by atoms with Crippen LogP contribution in [0.5, 0.6) is 0 Å². The van der Waals surface area contributed by atoms with Gasteiger partial charge in [0.25, 0.3) is 0 Å². The van der Waals surface area contributed by atoms with Crippen molar-refractivity contribution in [2.24, 2.45) is 0 Å². The fourth-order valence-corrected chi connectivity index (χ4v) is 0. The number of hydrogen-bond acceptors (Lipinski definition) is 3. The van der Waals surface area contributed by atoms with Gasteiger partial charge in [0.05, 0.1) is 0 Å². The Bertz CT molecular complexity index is 197. The normalized spacial score (nSPS) is 9.00. The van der Waals surface area contributed by atoms with Gasteiger partial charge >= 0.3 is 172 Å². The fourth-order valence-electron chi connectivity index (χ4n) is 0. The van der Waals surface area contributed by atoms with Gasteiger partial charge in [0.1, 0.15) is 0 Å². The van der Waals surface area contributed by atoms with E-state index in [9.17, 15) is 0 Å². The van der Waals surface area contributed by atoms with E-state index in [0.717, 1.165) is 0 Å². The molecule has 0 fully saturated rings. The van der Waals surface area contributed by atoms with Crippen LogP contribution in [0.4, 0.5) is 0 Å². The second-order valence-corrected chi connectivity index (χ2v) is 2.88. The van der Waals surface area contributed by atoms with Gasteiger partial charge in [0.2, 0.25) is 0 Å². The van der Waals surface area contributed by atoms with E-state index in [-0.39, 0.29) is 154 Å². The van der Waals surface area contributed by atoms with E-state index in [1.165, 1.54) is 0 Å². The molecule has 0 heterocycles. The number of hydrogen-bond donors (Lipinski definition) is 5. The molecule has 70 valence electrons. The molecule has 0 amide bonds. The van der Waals surface area contributed by atoms with Crippen LogP contribution in [0.3, 0.4) is 0 Å². The minimum atomic E-state index is -4.67. The molecule has 0 aliphatic carbocycles. The molecular weight excluding hydrogens is 308 g/mol. The van der Waals surface area contributed by atoms with Gasteiger partial charge in [-0.25, -0.2) is 4.57 Å². The van der Waals surface area contributed by atoms with Crippen LogP contribution in [0, 0.1) is 0 Å². The minimum absolute atomic E-state index is 0. The van der Waals surface area contributed by atoms with Crippen molar-refractivity contribution in [2.75, 3.05) is 0 Å². The van der Waals surface area contributed by atoms with E-state index >= 15 is 0 Å². The molecule has 0 aliphatic heterocycles. The van der Waals surface area contributed by atoms with Crippen LogP contribution in [0.25, 0.3) is 0 Å². The molecule has 0 saturated carbocycles.